The van der Waals surface area contributed by atoms with E-state index in [-0.39, 0.29) is 6.04 Å². The standard InChI is InChI=1S/C17H17N5/c1-3-7-14(8-4-1)11-21-13-17-18-19-20-22(17)12-16(21)15-9-5-2-6-10-15/h1-10,16H,11-13H2/t16-/m1/s1. The van der Waals surface area contributed by atoms with E-state index in [2.05, 4.69) is 81.1 Å². The molecule has 2 heterocycles. The maximum atomic E-state index is 4.14. The first-order chi connectivity index (χ1) is 10.9. The molecule has 4 rings (SSSR count). The first-order valence-corrected chi connectivity index (χ1v) is 7.48. The van der Waals surface area contributed by atoms with Crippen molar-refractivity contribution < 1.29 is 0 Å². The van der Waals surface area contributed by atoms with Crippen LogP contribution in [0.2, 0.25) is 0 Å². The van der Waals surface area contributed by atoms with Crippen molar-refractivity contribution in [3.63, 3.8) is 0 Å². The van der Waals surface area contributed by atoms with E-state index >= 15 is 0 Å². The highest BCUT2D eigenvalue weighted by Crippen LogP contribution is 2.29. The summed E-state index contributed by atoms with van der Waals surface area (Å²) in [5.41, 5.74) is 2.61. The van der Waals surface area contributed by atoms with Gasteiger partial charge < -0.3 is 0 Å². The molecule has 22 heavy (non-hydrogen) atoms. The summed E-state index contributed by atoms with van der Waals surface area (Å²) in [6.07, 6.45) is 0. The van der Waals surface area contributed by atoms with Crippen molar-refractivity contribution in [3.05, 3.63) is 77.6 Å². The van der Waals surface area contributed by atoms with E-state index in [0.717, 1.165) is 25.5 Å². The second-order valence-corrected chi connectivity index (χ2v) is 5.59. The number of nitrogens with zero attached hydrogens (tertiary/aromatic N) is 5. The molecule has 0 spiro atoms. The van der Waals surface area contributed by atoms with Gasteiger partial charge >= 0.3 is 0 Å². The fourth-order valence-corrected chi connectivity index (χ4v) is 3.02. The van der Waals surface area contributed by atoms with Gasteiger partial charge in [-0.15, -0.1) is 5.10 Å². The highest BCUT2D eigenvalue weighted by molar-refractivity contribution is 5.21. The van der Waals surface area contributed by atoms with Gasteiger partial charge in [-0.05, 0) is 21.6 Å². The van der Waals surface area contributed by atoms with Crippen LogP contribution in [0.15, 0.2) is 60.7 Å². The average molecular weight is 291 g/mol. The van der Waals surface area contributed by atoms with E-state index in [1.807, 2.05) is 4.68 Å². The Kier molecular flexibility index (Phi) is 3.40. The van der Waals surface area contributed by atoms with Crippen molar-refractivity contribution >= 4 is 0 Å². The van der Waals surface area contributed by atoms with E-state index in [9.17, 15) is 0 Å². The van der Waals surface area contributed by atoms with Crippen LogP contribution >= 0.6 is 0 Å². The molecule has 1 aromatic heterocycles. The van der Waals surface area contributed by atoms with E-state index in [1.165, 1.54) is 11.1 Å². The van der Waals surface area contributed by atoms with Gasteiger partial charge in [0.2, 0.25) is 0 Å². The molecule has 0 unspecified atom stereocenters. The molecule has 0 fully saturated rings. The Bertz CT molecular complexity index is 738. The van der Waals surface area contributed by atoms with E-state index in [1.54, 1.807) is 0 Å². The zero-order valence-electron chi connectivity index (χ0n) is 12.2. The van der Waals surface area contributed by atoms with Gasteiger partial charge in [-0.2, -0.15) is 0 Å². The molecular formula is C17H17N5. The predicted molar refractivity (Wildman–Crippen MR) is 82.7 cm³/mol. The number of hydrogen-bond donors (Lipinski definition) is 0. The highest BCUT2D eigenvalue weighted by atomic mass is 15.6. The molecule has 0 bridgehead atoms. The monoisotopic (exact) mass is 291 g/mol. The van der Waals surface area contributed by atoms with Crippen molar-refractivity contribution in [1.29, 1.82) is 0 Å². The van der Waals surface area contributed by atoms with Gasteiger partial charge in [-0.1, -0.05) is 60.7 Å². The lowest BCUT2D eigenvalue weighted by Gasteiger charge is -2.35. The van der Waals surface area contributed by atoms with E-state index < -0.39 is 0 Å². The van der Waals surface area contributed by atoms with Crippen LogP contribution in [0.4, 0.5) is 0 Å². The molecule has 0 saturated carbocycles. The van der Waals surface area contributed by atoms with Crippen LogP contribution in [0.5, 0.6) is 0 Å². The zero-order valence-corrected chi connectivity index (χ0v) is 12.2. The minimum atomic E-state index is 0.289. The molecule has 0 N–H and O–H groups in total. The number of tetrazole rings is 1. The number of hydrogen-bond acceptors (Lipinski definition) is 4. The largest absolute Gasteiger partial charge is 0.283 e. The summed E-state index contributed by atoms with van der Waals surface area (Å²) >= 11 is 0. The van der Waals surface area contributed by atoms with Crippen LogP contribution in [0.3, 0.4) is 0 Å². The van der Waals surface area contributed by atoms with Gasteiger partial charge in [0, 0.05) is 6.54 Å². The van der Waals surface area contributed by atoms with Crippen molar-refractivity contribution in [2.45, 2.75) is 25.7 Å². The van der Waals surface area contributed by atoms with Crippen LogP contribution in [-0.4, -0.2) is 25.1 Å². The zero-order chi connectivity index (χ0) is 14.8. The Labute approximate surface area is 129 Å². The van der Waals surface area contributed by atoms with E-state index in [4.69, 9.17) is 0 Å². The SMILES string of the molecule is c1ccc(CN2Cc3nnnn3C[C@@H]2c2ccccc2)cc1. The molecule has 5 nitrogen and oxygen atoms in total. The van der Waals surface area contributed by atoms with Crippen molar-refractivity contribution in [2.75, 3.05) is 0 Å². The summed E-state index contributed by atoms with van der Waals surface area (Å²) in [6.45, 7) is 2.45. The first-order valence-electron chi connectivity index (χ1n) is 7.48. The van der Waals surface area contributed by atoms with Crippen molar-refractivity contribution in [3.8, 4) is 0 Å². The minimum absolute atomic E-state index is 0.289. The van der Waals surface area contributed by atoms with Crippen LogP contribution < -0.4 is 0 Å². The van der Waals surface area contributed by atoms with Gasteiger partial charge in [-0.25, -0.2) is 4.68 Å². The molecule has 1 atom stereocenters. The quantitative estimate of drug-likeness (QED) is 0.743. The Balaban J connectivity index is 1.67. The molecule has 1 aliphatic rings. The molecular weight excluding hydrogens is 274 g/mol. The van der Waals surface area contributed by atoms with Crippen LogP contribution in [0.1, 0.15) is 23.0 Å². The van der Waals surface area contributed by atoms with Gasteiger partial charge in [0.25, 0.3) is 0 Å². The number of aromatic nitrogens is 4. The van der Waals surface area contributed by atoms with Gasteiger partial charge in [0.15, 0.2) is 5.82 Å². The lowest BCUT2D eigenvalue weighted by Crippen LogP contribution is -2.37. The molecule has 3 aromatic rings. The molecule has 0 amide bonds. The average Bonchev–Trinajstić information content (AvgIpc) is 3.03. The molecule has 1 aliphatic heterocycles. The molecule has 0 saturated heterocycles. The maximum Gasteiger partial charge on any atom is 0.165 e. The molecule has 2 aromatic carbocycles. The van der Waals surface area contributed by atoms with E-state index in [0.29, 0.717) is 0 Å². The number of benzene rings is 2. The van der Waals surface area contributed by atoms with Crippen LogP contribution in [-0.2, 0) is 19.6 Å². The third kappa shape index (κ3) is 2.51. The molecule has 5 heteroatoms. The first kappa shape index (κ1) is 13.2. The smallest absolute Gasteiger partial charge is 0.165 e. The topological polar surface area (TPSA) is 46.8 Å². The summed E-state index contributed by atoms with van der Waals surface area (Å²) in [7, 11) is 0. The lowest BCUT2D eigenvalue weighted by atomic mass is 10.0. The maximum absolute atomic E-state index is 4.14. The molecule has 110 valence electrons. The van der Waals surface area contributed by atoms with Crippen molar-refractivity contribution in [2.24, 2.45) is 0 Å². The normalized spacial score (nSPS) is 18.1. The third-order valence-corrected chi connectivity index (χ3v) is 4.15. The van der Waals surface area contributed by atoms with Gasteiger partial charge in [0.05, 0.1) is 19.1 Å². The second-order valence-electron chi connectivity index (χ2n) is 5.59. The van der Waals surface area contributed by atoms with Crippen LogP contribution in [0, 0.1) is 0 Å². The van der Waals surface area contributed by atoms with Crippen molar-refractivity contribution in [1.82, 2.24) is 25.1 Å². The second kappa shape index (κ2) is 5.69. The fourth-order valence-electron chi connectivity index (χ4n) is 3.02. The lowest BCUT2D eigenvalue weighted by molar-refractivity contribution is 0.122. The Morgan fingerprint density at radius 1 is 0.955 bits per heavy atom. The summed E-state index contributed by atoms with van der Waals surface area (Å²) in [6, 6.07) is 21.4. The summed E-state index contributed by atoms with van der Waals surface area (Å²) in [5, 5.41) is 12.0. The van der Waals surface area contributed by atoms with Crippen LogP contribution in [0.25, 0.3) is 0 Å². The Morgan fingerprint density at radius 2 is 1.68 bits per heavy atom. The van der Waals surface area contributed by atoms with Gasteiger partial charge in [-0.3, -0.25) is 4.90 Å². The highest BCUT2D eigenvalue weighted by Gasteiger charge is 2.29. The summed E-state index contributed by atoms with van der Waals surface area (Å²) < 4.78 is 1.92. The molecule has 0 radical (unpaired) electrons. The minimum Gasteiger partial charge on any atom is -0.283 e. The predicted octanol–water partition coefficient (Wildman–Crippen LogP) is 2.43. The van der Waals surface area contributed by atoms with Gasteiger partial charge in [0.1, 0.15) is 0 Å². The Hall–Kier alpha value is -2.53. The Morgan fingerprint density at radius 3 is 2.45 bits per heavy atom. The number of rotatable bonds is 3. The number of fused-ring (bicyclic) bond motifs is 1. The fraction of sp³-hybridized carbons (Fsp3) is 0.235. The summed E-state index contributed by atoms with van der Waals surface area (Å²) in [5.74, 6) is 0.933. The molecule has 0 aliphatic carbocycles. The third-order valence-electron chi connectivity index (χ3n) is 4.15. The summed E-state index contributed by atoms with van der Waals surface area (Å²) in [4.78, 5) is 2.44.